The maximum absolute atomic E-state index is 13.0. The highest BCUT2D eigenvalue weighted by atomic mass is 19.1. The van der Waals surface area contributed by atoms with Crippen molar-refractivity contribution in [2.75, 3.05) is 6.54 Å². The number of hydrogen-bond acceptors (Lipinski definition) is 1. The molecule has 1 N–H and O–H groups in total. The van der Waals surface area contributed by atoms with Crippen molar-refractivity contribution < 1.29 is 9.18 Å². The van der Waals surface area contributed by atoms with Crippen molar-refractivity contribution in [2.45, 2.75) is 32.1 Å². The Balaban J connectivity index is 1.84. The Kier molecular flexibility index (Phi) is 5.31. The Morgan fingerprint density at radius 1 is 1.05 bits per heavy atom. The third kappa shape index (κ3) is 4.17. The van der Waals surface area contributed by atoms with E-state index in [0.717, 1.165) is 18.4 Å². The van der Waals surface area contributed by atoms with Crippen molar-refractivity contribution in [1.29, 1.82) is 0 Å². The van der Waals surface area contributed by atoms with Gasteiger partial charge in [0.15, 0.2) is 0 Å². The van der Waals surface area contributed by atoms with Crippen LogP contribution >= 0.6 is 0 Å². The first-order valence-corrected chi connectivity index (χ1v) is 7.58. The highest BCUT2D eigenvalue weighted by Gasteiger charge is 2.29. The maximum atomic E-state index is 13.0. The summed E-state index contributed by atoms with van der Waals surface area (Å²) in [6.45, 7) is 4.35. The highest BCUT2D eigenvalue weighted by molar-refractivity contribution is 5.87. The monoisotopic (exact) mass is 299 g/mol. The molecule has 0 atom stereocenters. The van der Waals surface area contributed by atoms with Gasteiger partial charge in [-0.15, -0.1) is 0 Å². The second-order valence-electron chi connectivity index (χ2n) is 5.98. The SMILES string of the molecule is CC(C)(C(=O)NCCCc1ccccc1)c1ccc(F)cc1. The van der Waals surface area contributed by atoms with Gasteiger partial charge in [0.25, 0.3) is 0 Å². The largest absolute Gasteiger partial charge is 0.355 e. The van der Waals surface area contributed by atoms with Crippen LogP contribution in [0.5, 0.6) is 0 Å². The van der Waals surface area contributed by atoms with E-state index in [1.54, 1.807) is 12.1 Å². The van der Waals surface area contributed by atoms with Crippen LogP contribution in [0.15, 0.2) is 54.6 Å². The number of amides is 1. The summed E-state index contributed by atoms with van der Waals surface area (Å²) >= 11 is 0. The fourth-order valence-corrected chi connectivity index (χ4v) is 2.36. The van der Waals surface area contributed by atoms with Gasteiger partial charge in [0.05, 0.1) is 5.41 Å². The van der Waals surface area contributed by atoms with Crippen LogP contribution in [-0.4, -0.2) is 12.5 Å². The molecule has 2 aromatic carbocycles. The van der Waals surface area contributed by atoms with Crippen LogP contribution in [0.4, 0.5) is 4.39 Å². The van der Waals surface area contributed by atoms with Crippen LogP contribution in [0, 0.1) is 5.82 Å². The molecule has 0 saturated heterocycles. The van der Waals surface area contributed by atoms with Gasteiger partial charge >= 0.3 is 0 Å². The first kappa shape index (κ1) is 16.2. The van der Waals surface area contributed by atoms with Gasteiger partial charge in [-0.2, -0.15) is 0 Å². The van der Waals surface area contributed by atoms with Gasteiger partial charge in [0.1, 0.15) is 5.82 Å². The summed E-state index contributed by atoms with van der Waals surface area (Å²) in [6, 6.07) is 16.3. The van der Waals surface area contributed by atoms with Gasteiger partial charge in [-0.05, 0) is 49.9 Å². The number of carbonyl (C=O) groups is 1. The Morgan fingerprint density at radius 3 is 2.32 bits per heavy atom. The first-order valence-electron chi connectivity index (χ1n) is 7.58. The van der Waals surface area contributed by atoms with E-state index < -0.39 is 5.41 Å². The van der Waals surface area contributed by atoms with E-state index in [-0.39, 0.29) is 11.7 Å². The molecule has 0 fully saturated rings. The minimum absolute atomic E-state index is 0.0350. The average molecular weight is 299 g/mol. The van der Waals surface area contributed by atoms with Crippen molar-refractivity contribution in [1.82, 2.24) is 5.32 Å². The quantitative estimate of drug-likeness (QED) is 0.806. The van der Waals surface area contributed by atoms with Gasteiger partial charge in [-0.3, -0.25) is 4.79 Å². The predicted octanol–water partition coefficient (Wildman–Crippen LogP) is 3.85. The van der Waals surface area contributed by atoms with Crippen LogP contribution in [-0.2, 0) is 16.6 Å². The molecule has 0 aliphatic heterocycles. The minimum atomic E-state index is -0.666. The zero-order valence-electron chi connectivity index (χ0n) is 13.1. The molecular formula is C19H22FNO. The number of benzene rings is 2. The fourth-order valence-electron chi connectivity index (χ4n) is 2.36. The van der Waals surface area contributed by atoms with Gasteiger partial charge in [0, 0.05) is 6.54 Å². The number of aryl methyl sites for hydroxylation is 1. The lowest BCUT2D eigenvalue weighted by Crippen LogP contribution is -2.40. The molecule has 0 unspecified atom stereocenters. The first-order chi connectivity index (χ1) is 10.5. The molecule has 116 valence electrons. The van der Waals surface area contributed by atoms with E-state index in [4.69, 9.17) is 0 Å². The summed E-state index contributed by atoms with van der Waals surface area (Å²) in [7, 11) is 0. The van der Waals surface area contributed by atoms with Crippen LogP contribution in [0.25, 0.3) is 0 Å². The highest BCUT2D eigenvalue weighted by Crippen LogP contribution is 2.23. The molecule has 2 rings (SSSR count). The van der Waals surface area contributed by atoms with Gasteiger partial charge < -0.3 is 5.32 Å². The molecule has 22 heavy (non-hydrogen) atoms. The van der Waals surface area contributed by atoms with Crippen molar-refractivity contribution in [3.05, 3.63) is 71.5 Å². The number of halogens is 1. The number of carbonyl (C=O) groups excluding carboxylic acids is 1. The summed E-state index contributed by atoms with van der Waals surface area (Å²) < 4.78 is 13.0. The number of rotatable bonds is 6. The molecule has 0 saturated carbocycles. The Morgan fingerprint density at radius 2 is 1.68 bits per heavy atom. The molecular weight excluding hydrogens is 277 g/mol. The molecule has 0 aliphatic carbocycles. The van der Waals surface area contributed by atoms with Crippen molar-refractivity contribution >= 4 is 5.91 Å². The van der Waals surface area contributed by atoms with E-state index >= 15 is 0 Å². The van der Waals surface area contributed by atoms with Crippen LogP contribution in [0.3, 0.4) is 0 Å². The maximum Gasteiger partial charge on any atom is 0.230 e. The van der Waals surface area contributed by atoms with Gasteiger partial charge in [-0.1, -0.05) is 42.5 Å². The summed E-state index contributed by atoms with van der Waals surface area (Å²) in [6.07, 6.45) is 1.84. The molecule has 0 bridgehead atoms. The molecule has 1 amide bonds. The van der Waals surface area contributed by atoms with Crippen molar-refractivity contribution in [3.63, 3.8) is 0 Å². The summed E-state index contributed by atoms with van der Waals surface area (Å²) in [5.41, 5.74) is 1.42. The zero-order chi connectivity index (χ0) is 16.0. The minimum Gasteiger partial charge on any atom is -0.355 e. The number of nitrogens with one attached hydrogen (secondary N) is 1. The summed E-state index contributed by atoms with van der Waals surface area (Å²) in [5.74, 6) is -0.324. The second-order valence-corrected chi connectivity index (χ2v) is 5.98. The van der Waals surface area contributed by atoms with Crippen LogP contribution in [0.1, 0.15) is 31.4 Å². The number of hydrogen-bond donors (Lipinski definition) is 1. The van der Waals surface area contributed by atoms with E-state index in [1.807, 2.05) is 32.0 Å². The second kappa shape index (κ2) is 7.21. The fraction of sp³-hybridized carbons (Fsp3) is 0.316. The van der Waals surface area contributed by atoms with Crippen molar-refractivity contribution in [2.24, 2.45) is 0 Å². The molecule has 0 spiro atoms. The van der Waals surface area contributed by atoms with Gasteiger partial charge in [-0.25, -0.2) is 4.39 Å². The summed E-state index contributed by atoms with van der Waals surface area (Å²) in [5, 5.41) is 2.97. The third-order valence-electron chi connectivity index (χ3n) is 3.90. The zero-order valence-corrected chi connectivity index (χ0v) is 13.1. The molecule has 0 heterocycles. The van der Waals surface area contributed by atoms with Crippen molar-refractivity contribution in [3.8, 4) is 0 Å². The molecule has 3 heteroatoms. The molecule has 2 aromatic rings. The lowest BCUT2D eigenvalue weighted by molar-refractivity contribution is -0.125. The Hall–Kier alpha value is -2.16. The molecule has 0 aliphatic rings. The topological polar surface area (TPSA) is 29.1 Å². The smallest absolute Gasteiger partial charge is 0.230 e. The molecule has 0 aromatic heterocycles. The predicted molar refractivity (Wildman–Crippen MR) is 87.2 cm³/mol. The third-order valence-corrected chi connectivity index (χ3v) is 3.90. The molecule has 0 radical (unpaired) electrons. The average Bonchev–Trinajstić information content (AvgIpc) is 2.52. The van der Waals surface area contributed by atoms with E-state index in [1.165, 1.54) is 17.7 Å². The Labute approximate surface area is 131 Å². The Bertz CT molecular complexity index is 605. The van der Waals surface area contributed by atoms with E-state index in [2.05, 4.69) is 17.4 Å². The summed E-state index contributed by atoms with van der Waals surface area (Å²) in [4.78, 5) is 12.4. The van der Waals surface area contributed by atoms with Gasteiger partial charge in [0.2, 0.25) is 5.91 Å². The van der Waals surface area contributed by atoms with Crippen LogP contribution in [0.2, 0.25) is 0 Å². The lowest BCUT2D eigenvalue weighted by Gasteiger charge is -2.24. The lowest BCUT2D eigenvalue weighted by atomic mass is 9.83. The van der Waals surface area contributed by atoms with E-state index in [9.17, 15) is 9.18 Å². The van der Waals surface area contributed by atoms with E-state index in [0.29, 0.717) is 6.54 Å². The standard InChI is InChI=1S/C19H22FNO/c1-19(2,16-10-12-17(20)13-11-16)18(22)21-14-6-9-15-7-4-3-5-8-15/h3-5,7-8,10-13H,6,9,14H2,1-2H3,(H,21,22). The molecule has 2 nitrogen and oxygen atoms in total. The van der Waals surface area contributed by atoms with Crippen LogP contribution < -0.4 is 5.32 Å². The normalized spacial score (nSPS) is 11.2.